The Labute approximate surface area is 215 Å². The van der Waals surface area contributed by atoms with Gasteiger partial charge in [0, 0.05) is 22.6 Å². The molecule has 0 spiro atoms. The Morgan fingerprint density at radius 2 is 1.38 bits per heavy atom. The average Bonchev–Trinajstić information content (AvgIpc) is 2.92. The molecule has 4 rings (SSSR count). The maximum atomic E-state index is 15.1. The largest absolute Gasteiger partial charge is 0.348 e. The van der Waals surface area contributed by atoms with Crippen LogP contribution in [0.3, 0.4) is 0 Å². The topological polar surface area (TPSA) is 18.5 Å². The second-order valence-electron chi connectivity index (χ2n) is 9.42. The fourth-order valence-corrected chi connectivity index (χ4v) is 4.59. The van der Waals surface area contributed by atoms with Gasteiger partial charge in [0.25, 0.3) is 0 Å². The molecule has 0 N–H and O–H groups in total. The van der Waals surface area contributed by atoms with E-state index in [9.17, 15) is 13.2 Å². The van der Waals surface area contributed by atoms with Crippen molar-refractivity contribution in [3.05, 3.63) is 95.1 Å². The molecule has 1 aliphatic heterocycles. The highest BCUT2D eigenvalue weighted by atomic mass is 19.2. The average molecular weight is 513 g/mol. The number of halogens is 4. The highest BCUT2D eigenvalue weighted by molar-refractivity contribution is 5.71. The van der Waals surface area contributed by atoms with E-state index in [0.717, 1.165) is 19.3 Å². The Kier molecular flexibility index (Phi) is 9.17. The lowest BCUT2D eigenvalue weighted by molar-refractivity contribution is -0.207. The summed E-state index contributed by atoms with van der Waals surface area (Å²) >= 11 is 0. The third-order valence-corrected chi connectivity index (χ3v) is 6.78. The van der Waals surface area contributed by atoms with E-state index >= 15 is 4.39 Å². The summed E-state index contributed by atoms with van der Waals surface area (Å²) < 4.78 is 70.8. The predicted octanol–water partition coefficient (Wildman–Crippen LogP) is 8.94. The van der Waals surface area contributed by atoms with E-state index in [2.05, 4.69) is 6.92 Å². The molecule has 0 radical (unpaired) electrons. The van der Waals surface area contributed by atoms with Gasteiger partial charge in [-0.2, -0.15) is 0 Å². The normalized spacial score (nSPS) is 18.0. The van der Waals surface area contributed by atoms with Crippen molar-refractivity contribution in [3.8, 4) is 22.3 Å². The van der Waals surface area contributed by atoms with Gasteiger partial charge in [0.05, 0.1) is 13.2 Å². The van der Waals surface area contributed by atoms with E-state index in [0.29, 0.717) is 42.7 Å². The van der Waals surface area contributed by atoms with Gasteiger partial charge in [-0.05, 0) is 42.9 Å². The van der Waals surface area contributed by atoms with Crippen LogP contribution in [0.15, 0.2) is 60.7 Å². The highest BCUT2D eigenvalue weighted by Gasteiger charge is 2.28. The summed E-state index contributed by atoms with van der Waals surface area (Å²) in [5, 5.41) is 0. The van der Waals surface area contributed by atoms with Crippen molar-refractivity contribution in [1.82, 2.24) is 0 Å². The van der Waals surface area contributed by atoms with Gasteiger partial charge in [-0.3, -0.25) is 0 Å². The quantitative estimate of drug-likeness (QED) is 0.210. The summed E-state index contributed by atoms with van der Waals surface area (Å²) in [6.07, 6.45) is 6.99. The Hall–Kier alpha value is -2.96. The molecule has 0 aliphatic carbocycles. The van der Waals surface area contributed by atoms with Crippen LogP contribution in [0.4, 0.5) is 17.6 Å². The van der Waals surface area contributed by atoms with E-state index in [1.54, 1.807) is 36.4 Å². The first-order valence-electron chi connectivity index (χ1n) is 12.8. The third kappa shape index (κ3) is 6.13. The van der Waals surface area contributed by atoms with Crippen molar-refractivity contribution in [2.75, 3.05) is 13.2 Å². The molecule has 0 bridgehead atoms. The number of hydrogen-bond donors (Lipinski definition) is 0. The molecular weight excluding hydrogens is 480 g/mol. The standard InChI is InChI=1S/C31H32F4O2/c1-3-5-7-9-23-14-15-24(28(33)27(23)32)21-10-12-22(13-11-21)25-16-17-26(30(35)29(25)34)31-36-18-20(19-37-31)8-6-4-2/h3,5,10-17,20,31H,4,6-9,18-19H2,1-2H3/b5-3+. The Bertz CT molecular complexity index is 1230. The third-order valence-electron chi connectivity index (χ3n) is 6.78. The van der Waals surface area contributed by atoms with Gasteiger partial charge in [-0.25, -0.2) is 17.6 Å². The predicted molar refractivity (Wildman–Crippen MR) is 138 cm³/mol. The minimum absolute atomic E-state index is 0.0267. The van der Waals surface area contributed by atoms with Crippen LogP contribution in [-0.2, 0) is 15.9 Å². The summed E-state index contributed by atoms with van der Waals surface area (Å²) in [7, 11) is 0. The molecule has 0 atom stereocenters. The van der Waals surface area contributed by atoms with E-state index in [1.165, 1.54) is 12.1 Å². The van der Waals surface area contributed by atoms with Gasteiger partial charge in [0.2, 0.25) is 0 Å². The molecule has 0 saturated carbocycles. The first kappa shape index (κ1) is 27.1. The van der Waals surface area contributed by atoms with Crippen LogP contribution in [0.5, 0.6) is 0 Å². The van der Waals surface area contributed by atoms with Crippen LogP contribution in [-0.4, -0.2) is 13.2 Å². The van der Waals surface area contributed by atoms with Gasteiger partial charge >= 0.3 is 0 Å². The molecular formula is C31H32F4O2. The lowest BCUT2D eigenvalue weighted by Gasteiger charge is -2.30. The molecule has 196 valence electrons. The van der Waals surface area contributed by atoms with Crippen molar-refractivity contribution in [2.45, 2.75) is 52.2 Å². The lowest BCUT2D eigenvalue weighted by Crippen LogP contribution is -2.27. The number of benzene rings is 3. The minimum atomic E-state index is -1.01. The highest BCUT2D eigenvalue weighted by Crippen LogP contribution is 2.35. The Morgan fingerprint density at radius 3 is 1.97 bits per heavy atom. The number of ether oxygens (including phenoxy) is 2. The smallest absolute Gasteiger partial charge is 0.186 e. The molecule has 1 saturated heterocycles. The van der Waals surface area contributed by atoms with Crippen molar-refractivity contribution < 1.29 is 27.0 Å². The number of aryl methyl sites for hydroxylation is 1. The second kappa shape index (κ2) is 12.5. The van der Waals surface area contributed by atoms with E-state index in [4.69, 9.17) is 9.47 Å². The zero-order valence-corrected chi connectivity index (χ0v) is 21.2. The molecule has 1 heterocycles. The van der Waals surface area contributed by atoms with E-state index in [-0.39, 0.29) is 22.6 Å². The van der Waals surface area contributed by atoms with Crippen LogP contribution < -0.4 is 0 Å². The van der Waals surface area contributed by atoms with Crippen LogP contribution >= 0.6 is 0 Å². The fourth-order valence-electron chi connectivity index (χ4n) is 4.59. The summed E-state index contributed by atoms with van der Waals surface area (Å²) in [6.45, 7) is 4.89. The van der Waals surface area contributed by atoms with Gasteiger partial charge in [0.15, 0.2) is 29.6 Å². The molecule has 0 amide bonds. The van der Waals surface area contributed by atoms with Crippen molar-refractivity contribution >= 4 is 0 Å². The Morgan fingerprint density at radius 1 is 0.784 bits per heavy atom. The molecule has 2 nitrogen and oxygen atoms in total. The maximum absolute atomic E-state index is 15.1. The maximum Gasteiger partial charge on any atom is 0.186 e. The van der Waals surface area contributed by atoms with Crippen LogP contribution in [0, 0.1) is 29.2 Å². The van der Waals surface area contributed by atoms with Crippen molar-refractivity contribution in [2.24, 2.45) is 5.92 Å². The van der Waals surface area contributed by atoms with Gasteiger partial charge in [-0.1, -0.05) is 80.4 Å². The Balaban J connectivity index is 1.50. The van der Waals surface area contributed by atoms with Gasteiger partial charge in [-0.15, -0.1) is 0 Å². The van der Waals surface area contributed by atoms with Crippen LogP contribution in [0.1, 0.15) is 56.9 Å². The first-order valence-corrected chi connectivity index (χ1v) is 12.8. The van der Waals surface area contributed by atoms with Gasteiger partial charge in [0.1, 0.15) is 0 Å². The number of allylic oxidation sites excluding steroid dienone is 2. The van der Waals surface area contributed by atoms with Crippen molar-refractivity contribution in [1.29, 1.82) is 0 Å². The summed E-state index contributed by atoms with van der Waals surface area (Å²) in [6, 6.07) is 12.4. The zero-order valence-electron chi connectivity index (χ0n) is 21.2. The molecule has 1 aliphatic rings. The summed E-state index contributed by atoms with van der Waals surface area (Å²) in [4.78, 5) is 0. The summed E-state index contributed by atoms with van der Waals surface area (Å²) in [5.41, 5.74) is 1.38. The molecule has 0 aromatic heterocycles. The number of rotatable bonds is 9. The molecule has 3 aromatic rings. The second-order valence-corrected chi connectivity index (χ2v) is 9.42. The lowest BCUT2D eigenvalue weighted by atomic mass is 9.97. The number of hydrogen-bond acceptors (Lipinski definition) is 2. The fraction of sp³-hybridized carbons (Fsp3) is 0.355. The van der Waals surface area contributed by atoms with Crippen LogP contribution in [0.2, 0.25) is 0 Å². The molecule has 1 fully saturated rings. The molecule has 37 heavy (non-hydrogen) atoms. The monoisotopic (exact) mass is 512 g/mol. The molecule has 3 aromatic carbocycles. The summed E-state index contributed by atoms with van der Waals surface area (Å²) in [5.74, 6) is -3.54. The minimum Gasteiger partial charge on any atom is -0.348 e. The van der Waals surface area contributed by atoms with Crippen LogP contribution in [0.25, 0.3) is 22.3 Å². The first-order chi connectivity index (χ1) is 17.9. The van der Waals surface area contributed by atoms with Crippen molar-refractivity contribution in [3.63, 3.8) is 0 Å². The van der Waals surface area contributed by atoms with Gasteiger partial charge < -0.3 is 9.47 Å². The van der Waals surface area contributed by atoms with E-state index < -0.39 is 29.6 Å². The molecule has 0 unspecified atom stereocenters. The number of unbranched alkanes of at least 4 members (excludes halogenated alkanes) is 1. The van der Waals surface area contributed by atoms with E-state index in [1.807, 2.05) is 19.1 Å². The molecule has 6 heteroatoms. The SMILES string of the molecule is C/C=C/CCc1ccc(-c2ccc(-c3ccc(C4OCC(CCCC)CO4)c(F)c3F)cc2)c(F)c1F. The zero-order chi connectivity index (χ0) is 26.4.